The summed E-state index contributed by atoms with van der Waals surface area (Å²) in [6.45, 7) is 3.71. The van der Waals surface area contributed by atoms with E-state index in [9.17, 15) is 19.2 Å². The van der Waals surface area contributed by atoms with Gasteiger partial charge in [-0.1, -0.05) is 84.9 Å². The first-order chi connectivity index (χ1) is 26.4. The van der Waals surface area contributed by atoms with E-state index in [0.29, 0.717) is 35.8 Å². The Morgan fingerprint density at radius 1 is 0.537 bits per heavy atom. The fourth-order valence-corrected chi connectivity index (χ4v) is 6.10. The van der Waals surface area contributed by atoms with Crippen molar-refractivity contribution in [3.8, 4) is 11.5 Å². The van der Waals surface area contributed by atoms with Crippen molar-refractivity contribution in [2.45, 2.75) is 52.5 Å². The Bertz CT molecular complexity index is 2230. The molecule has 54 heavy (non-hydrogen) atoms. The molecule has 0 aliphatic carbocycles. The molecule has 6 aromatic rings. The standard InChI is InChI=1S/2C21H19N3O3/c2*25-20(16-6-7-17-10-22-11-18(17)8-16)13-24-21(26)9-19(12-23-24)27-14-15-4-2-1-3-5-15/h2*1-9,12,22H,10-11,13-14H2. The van der Waals surface area contributed by atoms with Crippen LogP contribution in [0.3, 0.4) is 0 Å². The summed E-state index contributed by atoms with van der Waals surface area (Å²) in [4.78, 5) is 49.5. The second kappa shape index (κ2) is 16.9. The number of hydrogen-bond donors (Lipinski definition) is 2. The third-order valence-electron chi connectivity index (χ3n) is 9.09. The van der Waals surface area contributed by atoms with Crippen molar-refractivity contribution in [1.82, 2.24) is 30.2 Å². The predicted molar refractivity (Wildman–Crippen MR) is 201 cm³/mol. The van der Waals surface area contributed by atoms with E-state index in [1.807, 2.05) is 84.9 Å². The largest absolute Gasteiger partial charge is 0.487 e. The molecule has 2 N–H and O–H groups in total. The smallest absolute Gasteiger partial charge is 0.270 e. The average Bonchev–Trinajstić information content (AvgIpc) is 3.88. The third kappa shape index (κ3) is 9.10. The first-order valence-electron chi connectivity index (χ1n) is 17.6. The van der Waals surface area contributed by atoms with Gasteiger partial charge in [-0.05, 0) is 45.5 Å². The molecule has 0 bridgehead atoms. The van der Waals surface area contributed by atoms with Gasteiger partial charge in [0.15, 0.2) is 11.6 Å². The highest BCUT2D eigenvalue weighted by Crippen LogP contribution is 2.19. The molecule has 0 radical (unpaired) electrons. The van der Waals surface area contributed by atoms with Crippen LogP contribution in [0.15, 0.2) is 131 Å². The van der Waals surface area contributed by atoms with Crippen LogP contribution in [0, 0.1) is 0 Å². The molecule has 2 aromatic heterocycles. The first-order valence-corrected chi connectivity index (χ1v) is 17.6. The molecule has 0 spiro atoms. The average molecular weight is 723 g/mol. The lowest BCUT2D eigenvalue weighted by atomic mass is 10.0. The van der Waals surface area contributed by atoms with Crippen LogP contribution >= 0.6 is 0 Å². The van der Waals surface area contributed by atoms with Crippen LogP contribution in [0.4, 0.5) is 0 Å². The molecule has 0 atom stereocenters. The molecule has 0 fully saturated rings. The molecule has 2 aliphatic rings. The Morgan fingerprint density at radius 3 is 1.35 bits per heavy atom. The lowest BCUT2D eigenvalue weighted by molar-refractivity contribution is 0.0957. The van der Waals surface area contributed by atoms with E-state index in [-0.39, 0.29) is 35.8 Å². The quantitative estimate of drug-likeness (QED) is 0.172. The molecule has 0 amide bonds. The molecule has 0 unspecified atom stereocenters. The highest BCUT2D eigenvalue weighted by Gasteiger charge is 2.16. The number of hydrogen-bond acceptors (Lipinski definition) is 10. The van der Waals surface area contributed by atoms with Crippen molar-refractivity contribution in [1.29, 1.82) is 0 Å². The summed E-state index contributed by atoms with van der Waals surface area (Å²) in [6, 6.07) is 33.4. The number of ketones is 2. The van der Waals surface area contributed by atoms with Crippen LogP contribution < -0.4 is 31.2 Å². The number of ether oxygens (including phenoxy) is 2. The molecule has 272 valence electrons. The Labute approximate surface area is 311 Å². The van der Waals surface area contributed by atoms with Gasteiger partial charge in [-0.15, -0.1) is 0 Å². The molecule has 12 heteroatoms. The maximum atomic E-state index is 12.5. The van der Waals surface area contributed by atoms with Crippen LogP contribution in [0.1, 0.15) is 54.1 Å². The Kier molecular flexibility index (Phi) is 11.2. The van der Waals surface area contributed by atoms with Gasteiger partial charge in [0.05, 0.1) is 12.4 Å². The number of aromatic nitrogens is 4. The third-order valence-corrected chi connectivity index (χ3v) is 9.09. The number of carbonyl (C=O) groups excluding carboxylic acids is 2. The van der Waals surface area contributed by atoms with Gasteiger partial charge in [0, 0.05) is 49.4 Å². The minimum atomic E-state index is -0.364. The van der Waals surface area contributed by atoms with Crippen molar-refractivity contribution in [3.63, 3.8) is 0 Å². The van der Waals surface area contributed by atoms with Gasteiger partial charge in [0.2, 0.25) is 0 Å². The highest BCUT2D eigenvalue weighted by atomic mass is 16.5. The number of nitrogens with one attached hydrogen (secondary N) is 2. The van der Waals surface area contributed by atoms with Gasteiger partial charge in [0.25, 0.3) is 11.1 Å². The van der Waals surface area contributed by atoms with Crippen molar-refractivity contribution in [2.75, 3.05) is 0 Å². The second-order valence-corrected chi connectivity index (χ2v) is 12.9. The molecule has 2 aliphatic heterocycles. The zero-order valence-electron chi connectivity index (χ0n) is 29.4. The fraction of sp³-hybridized carbons (Fsp3) is 0.190. The molecular formula is C42H38N6O6. The highest BCUT2D eigenvalue weighted by molar-refractivity contribution is 5.96. The predicted octanol–water partition coefficient (Wildman–Crippen LogP) is 4.62. The van der Waals surface area contributed by atoms with Crippen molar-refractivity contribution in [3.05, 3.63) is 187 Å². The fourth-order valence-electron chi connectivity index (χ4n) is 6.10. The van der Waals surface area contributed by atoms with E-state index in [0.717, 1.165) is 57.8 Å². The van der Waals surface area contributed by atoms with E-state index in [4.69, 9.17) is 9.47 Å². The van der Waals surface area contributed by atoms with Crippen molar-refractivity contribution in [2.24, 2.45) is 0 Å². The van der Waals surface area contributed by atoms with E-state index in [2.05, 4.69) is 20.8 Å². The molecule has 0 saturated heterocycles. The summed E-state index contributed by atoms with van der Waals surface area (Å²) < 4.78 is 13.5. The molecule has 12 nitrogen and oxygen atoms in total. The summed E-state index contributed by atoms with van der Waals surface area (Å²) >= 11 is 0. The molecule has 4 heterocycles. The number of fused-ring (bicyclic) bond motifs is 2. The topological polar surface area (TPSA) is 146 Å². The first kappa shape index (κ1) is 35.9. The van der Waals surface area contributed by atoms with Crippen molar-refractivity contribution >= 4 is 11.6 Å². The summed E-state index contributed by atoms with van der Waals surface area (Å²) in [5, 5.41) is 14.6. The van der Waals surface area contributed by atoms with Crippen LogP contribution in [0.2, 0.25) is 0 Å². The van der Waals surface area contributed by atoms with Crippen LogP contribution in [0.25, 0.3) is 0 Å². The van der Waals surface area contributed by atoms with Gasteiger partial charge in [0.1, 0.15) is 37.8 Å². The lowest BCUT2D eigenvalue weighted by Gasteiger charge is -2.08. The Morgan fingerprint density at radius 2 is 0.944 bits per heavy atom. The zero-order chi connectivity index (χ0) is 37.3. The maximum Gasteiger partial charge on any atom is 0.270 e. The normalized spacial score (nSPS) is 12.6. The second-order valence-electron chi connectivity index (χ2n) is 12.9. The summed E-state index contributed by atoms with van der Waals surface area (Å²) in [5.41, 5.74) is 7.14. The summed E-state index contributed by atoms with van der Waals surface area (Å²) in [5.74, 6) is 0.488. The molecular weight excluding hydrogens is 684 g/mol. The Hall–Kier alpha value is -6.50. The van der Waals surface area contributed by atoms with Gasteiger partial charge in [-0.2, -0.15) is 10.2 Å². The molecule has 8 rings (SSSR count). The van der Waals surface area contributed by atoms with Crippen LogP contribution in [-0.4, -0.2) is 31.1 Å². The monoisotopic (exact) mass is 722 g/mol. The minimum Gasteiger partial charge on any atom is -0.487 e. The zero-order valence-corrected chi connectivity index (χ0v) is 29.4. The molecule has 4 aromatic carbocycles. The number of benzene rings is 4. The van der Waals surface area contributed by atoms with Crippen LogP contribution in [0.5, 0.6) is 11.5 Å². The van der Waals surface area contributed by atoms with E-state index in [1.54, 1.807) is 12.1 Å². The number of carbonyl (C=O) groups is 2. The van der Waals surface area contributed by atoms with Gasteiger partial charge < -0.3 is 20.1 Å². The van der Waals surface area contributed by atoms with E-state index in [1.165, 1.54) is 35.7 Å². The Balaban J connectivity index is 0.000000167. The van der Waals surface area contributed by atoms with Crippen molar-refractivity contribution < 1.29 is 19.1 Å². The number of Topliss-reactive ketones (excluding diaryl/α,β-unsaturated/α-hetero) is 2. The number of nitrogens with zero attached hydrogens (tertiary/aromatic N) is 4. The van der Waals surface area contributed by atoms with Gasteiger partial charge >= 0.3 is 0 Å². The van der Waals surface area contributed by atoms with Crippen LogP contribution in [-0.2, 0) is 52.5 Å². The van der Waals surface area contributed by atoms with E-state index < -0.39 is 0 Å². The number of rotatable bonds is 12. The lowest BCUT2D eigenvalue weighted by Crippen LogP contribution is -2.26. The van der Waals surface area contributed by atoms with Gasteiger partial charge in [-0.25, -0.2) is 9.36 Å². The van der Waals surface area contributed by atoms with E-state index >= 15 is 0 Å². The summed E-state index contributed by atoms with van der Waals surface area (Å²) in [6.07, 6.45) is 2.93. The minimum absolute atomic E-state index is 0.0932. The molecule has 0 saturated carbocycles. The summed E-state index contributed by atoms with van der Waals surface area (Å²) in [7, 11) is 0. The maximum absolute atomic E-state index is 12.5. The van der Waals surface area contributed by atoms with Gasteiger partial charge in [-0.3, -0.25) is 19.2 Å². The SMILES string of the molecule is O=C(Cn1ncc(OCc2ccccc2)cc1=O)c1ccc2c(c1)CNC2.O=C(Cn1ncc(OCc2ccccc2)cc1=O)c1ccc2c(c1)CNC2.